The molecule has 0 radical (unpaired) electrons. The first-order valence-corrected chi connectivity index (χ1v) is 8.05. The van der Waals surface area contributed by atoms with Crippen LogP contribution in [0.3, 0.4) is 0 Å². The van der Waals surface area contributed by atoms with Crippen LogP contribution in [0.2, 0.25) is 0 Å². The van der Waals surface area contributed by atoms with Crippen LogP contribution in [0.4, 0.5) is 0 Å². The van der Waals surface area contributed by atoms with Crippen molar-refractivity contribution in [1.82, 2.24) is 10.2 Å². The molecule has 120 valence electrons. The van der Waals surface area contributed by atoms with E-state index in [1.807, 2.05) is 25.2 Å². The van der Waals surface area contributed by atoms with Crippen molar-refractivity contribution in [3.8, 4) is 0 Å². The second-order valence-corrected chi connectivity index (χ2v) is 6.34. The minimum atomic E-state index is -0.381. The van der Waals surface area contributed by atoms with Crippen molar-refractivity contribution in [3.05, 3.63) is 35.4 Å². The maximum atomic E-state index is 12.8. The van der Waals surface area contributed by atoms with Crippen LogP contribution < -0.4 is 5.32 Å². The Kier molecular flexibility index (Phi) is 5.58. The lowest BCUT2D eigenvalue weighted by atomic mass is 9.96. The molecule has 22 heavy (non-hydrogen) atoms. The molecule has 0 spiro atoms. The first kappa shape index (κ1) is 16.5. The van der Waals surface area contributed by atoms with Crippen molar-refractivity contribution in [2.45, 2.75) is 52.1 Å². The summed E-state index contributed by atoms with van der Waals surface area (Å²) in [6.07, 6.45) is 4.34. The predicted molar refractivity (Wildman–Crippen MR) is 87.2 cm³/mol. The van der Waals surface area contributed by atoms with Gasteiger partial charge in [-0.3, -0.25) is 9.59 Å². The van der Waals surface area contributed by atoms with Crippen LogP contribution in [0.25, 0.3) is 0 Å². The monoisotopic (exact) mass is 302 g/mol. The number of rotatable bonds is 5. The Labute approximate surface area is 132 Å². The molecule has 1 unspecified atom stereocenters. The highest BCUT2D eigenvalue weighted by Crippen LogP contribution is 2.28. The third-order valence-electron chi connectivity index (χ3n) is 4.54. The molecule has 2 rings (SSSR count). The fraction of sp³-hybridized carbons (Fsp3) is 0.556. The Bertz CT molecular complexity index is 536. The van der Waals surface area contributed by atoms with Crippen molar-refractivity contribution in [2.24, 2.45) is 5.92 Å². The third-order valence-corrected chi connectivity index (χ3v) is 4.54. The fourth-order valence-corrected chi connectivity index (χ4v) is 3.25. The normalized spacial score (nSPS) is 16.3. The first-order chi connectivity index (χ1) is 10.5. The van der Waals surface area contributed by atoms with Crippen LogP contribution >= 0.6 is 0 Å². The van der Waals surface area contributed by atoms with Crippen LogP contribution in [-0.2, 0) is 16.1 Å². The van der Waals surface area contributed by atoms with Gasteiger partial charge in [0, 0.05) is 20.5 Å². The van der Waals surface area contributed by atoms with Crippen molar-refractivity contribution in [3.63, 3.8) is 0 Å². The largest absolute Gasteiger partial charge is 0.344 e. The average molecular weight is 302 g/mol. The minimum absolute atomic E-state index is 0.0188. The van der Waals surface area contributed by atoms with Crippen molar-refractivity contribution >= 4 is 11.8 Å². The van der Waals surface area contributed by atoms with E-state index in [1.165, 1.54) is 12.5 Å². The van der Waals surface area contributed by atoms with E-state index < -0.39 is 0 Å². The zero-order chi connectivity index (χ0) is 16.1. The maximum Gasteiger partial charge on any atom is 0.245 e. The molecule has 0 aliphatic heterocycles. The van der Waals surface area contributed by atoms with Gasteiger partial charge in [0.2, 0.25) is 11.8 Å². The number of nitrogens with one attached hydrogen (secondary N) is 1. The summed E-state index contributed by atoms with van der Waals surface area (Å²) in [7, 11) is 1.82. The zero-order valence-corrected chi connectivity index (χ0v) is 13.8. The summed E-state index contributed by atoms with van der Waals surface area (Å²) < 4.78 is 0. The van der Waals surface area contributed by atoms with Gasteiger partial charge in [-0.05, 0) is 36.8 Å². The summed E-state index contributed by atoms with van der Waals surface area (Å²) in [5.74, 6) is 0.163. The van der Waals surface area contributed by atoms with Gasteiger partial charge in [0.15, 0.2) is 0 Å². The fourth-order valence-electron chi connectivity index (χ4n) is 3.25. The molecule has 4 nitrogen and oxygen atoms in total. The highest BCUT2D eigenvalue weighted by Gasteiger charge is 2.33. The van der Waals surface area contributed by atoms with Gasteiger partial charge >= 0.3 is 0 Å². The SMILES string of the molecule is CC(=O)NC(C(=O)N(C)Cc1ccccc1C)C1CCCC1. The van der Waals surface area contributed by atoms with Gasteiger partial charge in [0.1, 0.15) is 6.04 Å². The number of carbonyl (C=O) groups is 2. The van der Waals surface area contributed by atoms with E-state index in [2.05, 4.69) is 18.3 Å². The molecular formula is C18H26N2O2. The number of benzene rings is 1. The van der Waals surface area contributed by atoms with E-state index in [0.717, 1.165) is 31.2 Å². The lowest BCUT2D eigenvalue weighted by Gasteiger charge is -2.28. The number of aryl methyl sites for hydroxylation is 1. The molecule has 1 saturated carbocycles. The summed E-state index contributed by atoms with van der Waals surface area (Å²) in [6, 6.07) is 7.70. The first-order valence-electron chi connectivity index (χ1n) is 8.05. The van der Waals surface area contributed by atoms with Gasteiger partial charge in [0.25, 0.3) is 0 Å². The Morgan fingerprint density at radius 3 is 2.50 bits per heavy atom. The van der Waals surface area contributed by atoms with Gasteiger partial charge in [-0.15, -0.1) is 0 Å². The molecule has 0 bridgehead atoms. The van der Waals surface area contributed by atoms with Crippen molar-refractivity contribution in [1.29, 1.82) is 0 Å². The van der Waals surface area contributed by atoms with Crippen molar-refractivity contribution in [2.75, 3.05) is 7.05 Å². The minimum Gasteiger partial charge on any atom is -0.344 e. The van der Waals surface area contributed by atoms with Crippen LogP contribution in [0.5, 0.6) is 0 Å². The van der Waals surface area contributed by atoms with E-state index in [1.54, 1.807) is 4.90 Å². The average Bonchev–Trinajstić information content (AvgIpc) is 3.00. The van der Waals surface area contributed by atoms with E-state index >= 15 is 0 Å². The van der Waals surface area contributed by atoms with E-state index in [0.29, 0.717) is 6.54 Å². The van der Waals surface area contributed by atoms with Crippen molar-refractivity contribution < 1.29 is 9.59 Å². The lowest BCUT2D eigenvalue weighted by molar-refractivity contribution is -0.137. The molecule has 1 aliphatic carbocycles. The molecule has 0 heterocycles. The van der Waals surface area contributed by atoms with Gasteiger partial charge in [-0.1, -0.05) is 37.1 Å². The molecule has 1 aromatic carbocycles. The van der Waals surface area contributed by atoms with E-state index in [-0.39, 0.29) is 23.8 Å². The molecule has 1 N–H and O–H groups in total. The zero-order valence-electron chi connectivity index (χ0n) is 13.8. The molecule has 4 heteroatoms. The molecule has 1 aliphatic rings. The summed E-state index contributed by atoms with van der Waals surface area (Å²) in [6.45, 7) is 4.11. The highest BCUT2D eigenvalue weighted by atomic mass is 16.2. The Morgan fingerprint density at radius 2 is 1.91 bits per heavy atom. The highest BCUT2D eigenvalue weighted by molar-refractivity contribution is 5.87. The Hall–Kier alpha value is -1.84. The molecule has 2 amide bonds. The smallest absolute Gasteiger partial charge is 0.245 e. The van der Waals surface area contributed by atoms with Crippen LogP contribution in [0, 0.1) is 12.8 Å². The number of nitrogens with zero attached hydrogens (tertiary/aromatic N) is 1. The molecule has 0 aromatic heterocycles. The van der Waals surface area contributed by atoms with Gasteiger partial charge in [-0.25, -0.2) is 0 Å². The Balaban J connectivity index is 2.08. The second-order valence-electron chi connectivity index (χ2n) is 6.34. The number of hydrogen-bond donors (Lipinski definition) is 1. The quantitative estimate of drug-likeness (QED) is 0.909. The molecular weight excluding hydrogens is 276 g/mol. The third kappa shape index (κ3) is 4.09. The topological polar surface area (TPSA) is 49.4 Å². The van der Waals surface area contributed by atoms with Gasteiger partial charge < -0.3 is 10.2 Å². The number of carbonyl (C=O) groups excluding carboxylic acids is 2. The number of likely N-dealkylation sites (N-methyl/N-ethyl adjacent to an activating group) is 1. The number of amides is 2. The lowest BCUT2D eigenvalue weighted by Crippen LogP contribution is -2.50. The van der Waals surface area contributed by atoms with Gasteiger partial charge in [-0.2, -0.15) is 0 Å². The molecule has 1 atom stereocenters. The van der Waals surface area contributed by atoms with Crippen LogP contribution in [0.1, 0.15) is 43.7 Å². The second kappa shape index (κ2) is 7.43. The van der Waals surface area contributed by atoms with Crippen LogP contribution in [0.15, 0.2) is 24.3 Å². The maximum absolute atomic E-state index is 12.8. The predicted octanol–water partition coefficient (Wildman–Crippen LogP) is 2.65. The van der Waals surface area contributed by atoms with E-state index in [9.17, 15) is 9.59 Å². The summed E-state index contributed by atoms with van der Waals surface area (Å²) in [4.78, 5) is 26.0. The number of hydrogen-bond acceptors (Lipinski definition) is 2. The van der Waals surface area contributed by atoms with Crippen LogP contribution in [-0.4, -0.2) is 29.8 Å². The molecule has 1 aromatic rings. The van der Waals surface area contributed by atoms with Gasteiger partial charge in [0.05, 0.1) is 0 Å². The summed E-state index contributed by atoms with van der Waals surface area (Å²) in [5.41, 5.74) is 2.32. The van der Waals surface area contributed by atoms with E-state index in [4.69, 9.17) is 0 Å². The summed E-state index contributed by atoms with van der Waals surface area (Å²) >= 11 is 0. The summed E-state index contributed by atoms with van der Waals surface area (Å²) in [5, 5.41) is 2.87. The molecule has 1 fully saturated rings. The Morgan fingerprint density at radius 1 is 1.27 bits per heavy atom. The standard InChI is InChI=1S/C18H26N2O2/c1-13-8-4-5-11-16(13)12-20(3)18(22)17(19-14(2)21)15-9-6-7-10-15/h4-5,8,11,15,17H,6-7,9-10,12H2,1-3H3,(H,19,21). The molecule has 0 saturated heterocycles.